The van der Waals surface area contributed by atoms with Crippen molar-refractivity contribution in [3.63, 3.8) is 0 Å². The Morgan fingerprint density at radius 3 is 2.44 bits per heavy atom. The van der Waals surface area contributed by atoms with Gasteiger partial charge in [0.05, 0.1) is 0 Å². The molecule has 18 heavy (non-hydrogen) atoms. The normalized spacial score (nSPS) is 15.6. The summed E-state index contributed by atoms with van der Waals surface area (Å²) in [5, 5.41) is 1.57. The quantitative estimate of drug-likeness (QED) is 0.802. The van der Waals surface area contributed by atoms with Gasteiger partial charge in [0.25, 0.3) is 0 Å². The average molecular weight is 259 g/mol. The van der Waals surface area contributed by atoms with Crippen LogP contribution in [-0.2, 0) is 6.42 Å². The van der Waals surface area contributed by atoms with Gasteiger partial charge in [0.2, 0.25) is 0 Å². The summed E-state index contributed by atoms with van der Waals surface area (Å²) < 4.78 is 0. The van der Waals surface area contributed by atoms with E-state index in [2.05, 4.69) is 70.0 Å². The fraction of sp³-hybridized carbons (Fsp3) is 0.500. The standard InChI is InChI=1S/C16H25NSi/c1-12-10-13-8-7-9-15(14(13)11-12)18(5,6)17-16(2,3)4/h7-10,17H,11H2,1-6H3. The minimum Gasteiger partial charge on any atom is -0.329 e. The Labute approximate surface area is 112 Å². The highest BCUT2D eigenvalue weighted by Crippen LogP contribution is 2.24. The van der Waals surface area contributed by atoms with E-state index in [1.807, 2.05) is 0 Å². The summed E-state index contributed by atoms with van der Waals surface area (Å²) in [6.45, 7) is 13.8. The molecule has 0 saturated carbocycles. The van der Waals surface area contributed by atoms with Gasteiger partial charge in [-0.1, -0.05) is 42.9 Å². The molecular formula is C16H25NSi. The maximum absolute atomic E-state index is 3.87. The monoisotopic (exact) mass is 259 g/mol. The van der Waals surface area contributed by atoms with E-state index < -0.39 is 8.24 Å². The average Bonchev–Trinajstić information content (AvgIpc) is 2.52. The van der Waals surface area contributed by atoms with Crippen molar-refractivity contribution in [1.82, 2.24) is 4.98 Å². The lowest BCUT2D eigenvalue weighted by atomic mass is 10.1. The van der Waals surface area contributed by atoms with Crippen molar-refractivity contribution in [2.75, 3.05) is 0 Å². The number of benzene rings is 1. The van der Waals surface area contributed by atoms with E-state index in [0.29, 0.717) is 0 Å². The van der Waals surface area contributed by atoms with Crippen molar-refractivity contribution in [2.45, 2.75) is 52.7 Å². The van der Waals surface area contributed by atoms with Crippen LogP contribution in [0.1, 0.15) is 38.8 Å². The van der Waals surface area contributed by atoms with Crippen LogP contribution in [0.15, 0.2) is 23.8 Å². The Hall–Kier alpha value is -0.863. The van der Waals surface area contributed by atoms with Gasteiger partial charge in [-0.25, -0.2) is 0 Å². The molecule has 2 rings (SSSR count). The first-order valence-corrected chi connectivity index (χ1v) is 9.78. The molecule has 0 saturated heterocycles. The van der Waals surface area contributed by atoms with Gasteiger partial charge in [-0.3, -0.25) is 0 Å². The van der Waals surface area contributed by atoms with Gasteiger partial charge in [-0.05, 0) is 50.4 Å². The summed E-state index contributed by atoms with van der Waals surface area (Å²) in [4.78, 5) is 3.87. The second kappa shape index (κ2) is 4.36. The first-order valence-electron chi connectivity index (χ1n) is 6.78. The molecule has 98 valence electrons. The summed E-state index contributed by atoms with van der Waals surface area (Å²) >= 11 is 0. The second-order valence-corrected chi connectivity index (χ2v) is 11.1. The number of hydrogen-bond acceptors (Lipinski definition) is 1. The predicted molar refractivity (Wildman–Crippen MR) is 83.8 cm³/mol. The molecule has 0 fully saturated rings. The molecule has 0 spiro atoms. The van der Waals surface area contributed by atoms with Crippen LogP contribution in [0.25, 0.3) is 6.08 Å². The first-order chi connectivity index (χ1) is 8.19. The van der Waals surface area contributed by atoms with Gasteiger partial charge in [0, 0.05) is 5.54 Å². The third-order valence-corrected chi connectivity index (χ3v) is 6.62. The van der Waals surface area contributed by atoms with Crippen molar-refractivity contribution in [3.05, 3.63) is 34.9 Å². The van der Waals surface area contributed by atoms with Crippen LogP contribution >= 0.6 is 0 Å². The Kier molecular flexibility index (Phi) is 3.28. The maximum atomic E-state index is 3.87. The zero-order valence-electron chi connectivity index (χ0n) is 12.5. The molecule has 0 atom stereocenters. The van der Waals surface area contributed by atoms with Crippen molar-refractivity contribution in [2.24, 2.45) is 0 Å². The highest BCUT2D eigenvalue weighted by Gasteiger charge is 2.31. The Bertz CT molecular complexity index is 492. The molecule has 0 bridgehead atoms. The van der Waals surface area contributed by atoms with E-state index >= 15 is 0 Å². The molecule has 0 aliphatic heterocycles. The van der Waals surface area contributed by atoms with Gasteiger partial charge >= 0.3 is 0 Å². The zero-order valence-corrected chi connectivity index (χ0v) is 13.5. The molecule has 1 nitrogen and oxygen atoms in total. The third kappa shape index (κ3) is 2.75. The number of allylic oxidation sites excluding steroid dienone is 1. The predicted octanol–water partition coefficient (Wildman–Crippen LogP) is 3.45. The summed E-state index contributed by atoms with van der Waals surface area (Å²) in [6.07, 6.45) is 3.47. The molecule has 1 aromatic rings. The smallest absolute Gasteiger partial charge is 0.152 e. The molecular weight excluding hydrogens is 234 g/mol. The van der Waals surface area contributed by atoms with Crippen molar-refractivity contribution in [3.8, 4) is 0 Å². The van der Waals surface area contributed by atoms with E-state index in [9.17, 15) is 0 Å². The van der Waals surface area contributed by atoms with Gasteiger partial charge in [0.15, 0.2) is 8.24 Å². The van der Waals surface area contributed by atoms with Crippen LogP contribution in [0, 0.1) is 0 Å². The summed E-state index contributed by atoms with van der Waals surface area (Å²) in [6, 6.07) is 6.79. The Morgan fingerprint density at radius 2 is 1.83 bits per heavy atom. The maximum Gasteiger partial charge on any atom is 0.152 e. The molecule has 1 aliphatic rings. The second-order valence-electron chi connectivity index (χ2n) is 7.04. The van der Waals surface area contributed by atoms with E-state index in [1.165, 1.54) is 11.1 Å². The van der Waals surface area contributed by atoms with Gasteiger partial charge in [-0.2, -0.15) is 0 Å². The summed E-state index contributed by atoms with van der Waals surface area (Å²) in [7, 11) is -1.58. The highest BCUT2D eigenvalue weighted by molar-refractivity contribution is 6.88. The molecule has 0 aromatic heterocycles. The van der Waals surface area contributed by atoms with Crippen LogP contribution in [0.4, 0.5) is 0 Å². The highest BCUT2D eigenvalue weighted by atomic mass is 28.3. The lowest BCUT2D eigenvalue weighted by Gasteiger charge is -2.35. The minimum atomic E-state index is -1.58. The molecule has 0 heterocycles. The van der Waals surface area contributed by atoms with E-state index in [0.717, 1.165) is 6.42 Å². The minimum absolute atomic E-state index is 0.180. The molecule has 0 unspecified atom stereocenters. The van der Waals surface area contributed by atoms with Crippen LogP contribution in [-0.4, -0.2) is 13.8 Å². The molecule has 1 N–H and O–H groups in total. The number of fused-ring (bicyclic) bond motifs is 1. The topological polar surface area (TPSA) is 12.0 Å². The van der Waals surface area contributed by atoms with Gasteiger partial charge in [-0.15, -0.1) is 0 Å². The van der Waals surface area contributed by atoms with Gasteiger partial charge < -0.3 is 4.98 Å². The summed E-state index contributed by atoms with van der Waals surface area (Å²) in [5.41, 5.74) is 4.65. The number of rotatable bonds is 2. The Morgan fingerprint density at radius 1 is 1.17 bits per heavy atom. The van der Waals surface area contributed by atoms with Crippen LogP contribution in [0.3, 0.4) is 0 Å². The van der Waals surface area contributed by atoms with Crippen LogP contribution in [0.2, 0.25) is 13.1 Å². The molecule has 0 radical (unpaired) electrons. The molecule has 2 heteroatoms. The van der Waals surface area contributed by atoms with E-state index in [-0.39, 0.29) is 5.54 Å². The van der Waals surface area contributed by atoms with Crippen LogP contribution in [0.5, 0.6) is 0 Å². The SMILES string of the molecule is CC1=Cc2cccc([Si](C)(C)NC(C)(C)C)c2C1. The number of nitrogens with one attached hydrogen (secondary N) is 1. The van der Waals surface area contributed by atoms with Crippen molar-refractivity contribution in [1.29, 1.82) is 0 Å². The van der Waals surface area contributed by atoms with Crippen molar-refractivity contribution < 1.29 is 0 Å². The molecule has 0 amide bonds. The fourth-order valence-corrected chi connectivity index (χ4v) is 6.63. The molecule has 1 aliphatic carbocycles. The van der Waals surface area contributed by atoms with Gasteiger partial charge in [0.1, 0.15) is 0 Å². The first kappa shape index (κ1) is 13.6. The number of hydrogen-bond donors (Lipinski definition) is 1. The fourth-order valence-electron chi connectivity index (χ4n) is 3.12. The lowest BCUT2D eigenvalue weighted by Crippen LogP contribution is -2.62. The lowest BCUT2D eigenvalue weighted by molar-refractivity contribution is 0.515. The van der Waals surface area contributed by atoms with Crippen LogP contribution < -0.4 is 10.2 Å². The van der Waals surface area contributed by atoms with E-state index in [4.69, 9.17) is 0 Å². The summed E-state index contributed by atoms with van der Waals surface area (Å²) in [5.74, 6) is 0. The van der Waals surface area contributed by atoms with E-state index in [1.54, 1.807) is 10.8 Å². The Balaban J connectivity index is 2.39. The zero-order chi connectivity index (χ0) is 13.6. The third-order valence-electron chi connectivity index (χ3n) is 3.43. The van der Waals surface area contributed by atoms with Crippen molar-refractivity contribution >= 4 is 19.5 Å². The molecule has 1 aromatic carbocycles. The largest absolute Gasteiger partial charge is 0.329 e.